The molecular weight excluding hydrogens is 574 g/mol. The van der Waals surface area contributed by atoms with Gasteiger partial charge in [0.05, 0.1) is 24.4 Å². The lowest BCUT2D eigenvalue weighted by Crippen LogP contribution is -2.24. The summed E-state index contributed by atoms with van der Waals surface area (Å²) < 4.78 is 11.8. The van der Waals surface area contributed by atoms with E-state index in [1.54, 1.807) is 13.2 Å². The Bertz CT molecular complexity index is 1940. The van der Waals surface area contributed by atoms with Gasteiger partial charge in [-0.1, -0.05) is 91.0 Å². The average Bonchev–Trinajstić information content (AvgIpc) is 3.10. The van der Waals surface area contributed by atoms with Crippen molar-refractivity contribution in [2.45, 2.75) is 19.1 Å². The lowest BCUT2D eigenvalue weighted by molar-refractivity contribution is 0.176. The molecule has 0 radical (unpaired) electrons. The van der Waals surface area contributed by atoms with Crippen LogP contribution in [0, 0.1) is 0 Å². The topological polar surface area (TPSA) is 95.6 Å². The molecule has 7 nitrogen and oxygen atoms in total. The molecule has 0 amide bonds. The number of hydrogen-bond donors (Lipinski definition) is 4. The second-order valence-electron chi connectivity index (χ2n) is 11.1. The first-order valence-corrected chi connectivity index (χ1v) is 15.4. The van der Waals surface area contributed by atoms with Gasteiger partial charge < -0.3 is 30.2 Å². The Balaban J connectivity index is 1.05. The van der Waals surface area contributed by atoms with E-state index in [4.69, 9.17) is 9.47 Å². The number of aliphatic hydroxyl groups excluding tert-OH is 1. The number of anilines is 2. The van der Waals surface area contributed by atoms with Crippen LogP contribution in [-0.4, -0.2) is 30.3 Å². The van der Waals surface area contributed by atoms with Gasteiger partial charge in [0, 0.05) is 29.2 Å². The largest absolute Gasteiger partial charge is 0.494 e. The molecule has 7 heteroatoms. The molecule has 4 N–H and O–H groups in total. The monoisotopic (exact) mass is 611 g/mol. The van der Waals surface area contributed by atoms with E-state index >= 15 is 0 Å². The van der Waals surface area contributed by atoms with Crippen LogP contribution < -0.4 is 25.7 Å². The van der Waals surface area contributed by atoms with E-state index in [0.717, 1.165) is 51.2 Å². The van der Waals surface area contributed by atoms with Crippen LogP contribution in [0.5, 0.6) is 11.5 Å². The molecular formula is C39H37N3O4. The van der Waals surface area contributed by atoms with Crippen molar-refractivity contribution in [1.29, 1.82) is 0 Å². The Morgan fingerprint density at radius 1 is 0.783 bits per heavy atom. The van der Waals surface area contributed by atoms with Crippen LogP contribution in [0.4, 0.5) is 11.4 Å². The Kier molecular flexibility index (Phi) is 9.73. The Morgan fingerprint density at radius 3 is 2.30 bits per heavy atom. The van der Waals surface area contributed by atoms with Crippen molar-refractivity contribution in [3.8, 4) is 22.6 Å². The predicted octanol–water partition coefficient (Wildman–Crippen LogP) is 7.39. The Morgan fingerprint density at radius 2 is 1.54 bits per heavy atom. The molecule has 1 heterocycles. The highest BCUT2D eigenvalue weighted by Gasteiger charge is 2.15. The number of nitrogens with one attached hydrogen (secondary N) is 3. The standard InChI is InChI=1S/C39H37N3O4/c1-45-39-31(29-11-6-3-7-12-29)13-8-14-34(39)41-30-17-15-27(16-18-30)23-24-40-25-35(43)32-19-21-36(38-33(32)20-22-37(44)42-38)46-26-28-9-4-2-5-10-28/h2-22,35,40-41,43H,23-26H2,1H3,(H,42,44)/t35-/m0/s1. The second kappa shape index (κ2) is 14.6. The van der Waals surface area contributed by atoms with Gasteiger partial charge in [0.25, 0.3) is 0 Å². The minimum atomic E-state index is -0.759. The predicted molar refractivity (Wildman–Crippen MR) is 185 cm³/mol. The van der Waals surface area contributed by atoms with Crippen molar-refractivity contribution in [2.75, 3.05) is 25.5 Å². The van der Waals surface area contributed by atoms with E-state index in [1.165, 1.54) is 11.6 Å². The fraction of sp³-hybridized carbons (Fsp3) is 0.154. The quantitative estimate of drug-likeness (QED) is 0.102. The molecule has 5 aromatic carbocycles. The highest BCUT2D eigenvalue weighted by atomic mass is 16.5. The normalized spacial score (nSPS) is 11.7. The van der Waals surface area contributed by atoms with Crippen LogP contribution in [0.2, 0.25) is 0 Å². The lowest BCUT2D eigenvalue weighted by atomic mass is 10.0. The molecule has 0 saturated carbocycles. The minimum absolute atomic E-state index is 0.220. The molecule has 1 aromatic heterocycles. The average molecular weight is 612 g/mol. The van der Waals surface area contributed by atoms with Crippen molar-refractivity contribution >= 4 is 22.3 Å². The van der Waals surface area contributed by atoms with Crippen LogP contribution in [0.25, 0.3) is 22.0 Å². The van der Waals surface area contributed by atoms with Gasteiger partial charge in [-0.3, -0.25) is 4.79 Å². The van der Waals surface area contributed by atoms with E-state index in [0.29, 0.717) is 31.0 Å². The molecule has 0 spiro atoms. The number of H-pyrrole nitrogens is 1. The van der Waals surface area contributed by atoms with Crippen LogP contribution in [0.15, 0.2) is 132 Å². The van der Waals surface area contributed by atoms with Gasteiger partial charge in [-0.25, -0.2) is 0 Å². The van der Waals surface area contributed by atoms with Gasteiger partial charge in [-0.2, -0.15) is 0 Å². The molecule has 0 aliphatic rings. The maximum absolute atomic E-state index is 12.1. The number of methoxy groups -OCH3 is 1. The number of aromatic nitrogens is 1. The smallest absolute Gasteiger partial charge is 0.248 e. The van der Waals surface area contributed by atoms with Crippen LogP contribution in [0.1, 0.15) is 22.8 Å². The van der Waals surface area contributed by atoms with Crippen molar-refractivity contribution < 1.29 is 14.6 Å². The zero-order valence-corrected chi connectivity index (χ0v) is 25.7. The highest BCUT2D eigenvalue weighted by Crippen LogP contribution is 2.37. The first-order valence-electron chi connectivity index (χ1n) is 15.4. The summed E-state index contributed by atoms with van der Waals surface area (Å²) in [5.74, 6) is 1.37. The van der Waals surface area contributed by atoms with Crippen LogP contribution >= 0.6 is 0 Å². The summed E-state index contributed by atoms with van der Waals surface area (Å²) in [6.45, 7) is 1.45. The number of ether oxygens (including phenoxy) is 2. The summed E-state index contributed by atoms with van der Waals surface area (Å²) in [4.78, 5) is 15.0. The fourth-order valence-corrected chi connectivity index (χ4v) is 5.59. The third-order valence-corrected chi connectivity index (χ3v) is 7.95. The van der Waals surface area contributed by atoms with Gasteiger partial charge in [0.2, 0.25) is 5.56 Å². The zero-order chi connectivity index (χ0) is 31.7. The summed E-state index contributed by atoms with van der Waals surface area (Å²) in [6.07, 6.45) is 0.0462. The van der Waals surface area contributed by atoms with E-state index in [1.807, 2.05) is 72.8 Å². The number of hydrogen-bond acceptors (Lipinski definition) is 6. The molecule has 0 fully saturated rings. The number of aliphatic hydroxyl groups is 1. The molecule has 0 saturated heterocycles. The van der Waals surface area contributed by atoms with Gasteiger partial charge in [-0.15, -0.1) is 0 Å². The van der Waals surface area contributed by atoms with E-state index in [2.05, 4.69) is 58.1 Å². The molecule has 0 aliphatic carbocycles. The number of rotatable bonds is 13. The molecule has 0 aliphatic heterocycles. The Hall–Kier alpha value is -5.37. The number of fused-ring (bicyclic) bond motifs is 1. The number of para-hydroxylation sites is 1. The van der Waals surface area contributed by atoms with Gasteiger partial charge in [0.1, 0.15) is 18.1 Å². The lowest BCUT2D eigenvalue weighted by Gasteiger charge is -2.17. The number of pyridine rings is 1. The van der Waals surface area contributed by atoms with Crippen molar-refractivity contribution in [3.05, 3.63) is 154 Å². The van der Waals surface area contributed by atoms with Crippen molar-refractivity contribution in [3.63, 3.8) is 0 Å². The molecule has 6 rings (SSSR count). The summed E-state index contributed by atoms with van der Waals surface area (Å²) in [6, 6.07) is 41.4. The molecule has 0 bridgehead atoms. The summed E-state index contributed by atoms with van der Waals surface area (Å²) in [5.41, 5.74) is 7.31. The minimum Gasteiger partial charge on any atom is -0.494 e. The SMILES string of the molecule is COc1c(Nc2ccc(CCNC[C@H](O)c3ccc(OCc4ccccc4)c4[nH]c(=O)ccc34)cc2)cccc1-c1ccccc1. The molecule has 232 valence electrons. The maximum atomic E-state index is 12.1. The summed E-state index contributed by atoms with van der Waals surface area (Å²) >= 11 is 0. The van der Waals surface area contributed by atoms with E-state index in [9.17, 15) is 9.90 Å². The van der Waals surface area contributed by atoms with E-state index in [-0.39, 0.29) is 5.56 Å². The number of benzene rings is 5. The van der Waals surface area contributed by atoms with Gasteiger partial charge in [0.15, 0.2) is 0 Å². The Labute approximate surface area is 268 Å². The molecule has 1 atom stereocenters. The van der Waals surface area contributed by atoms with Gasteiger partial charge in [-0.05, 0) is 65.6 Å². The van der Waals surface area contributed by atoms with Crippen molar-refractivity contribution in [1.82, 2.24) is 10.3 Å². The maximum Gasteiger partial charge on any atom is 0.248 e. The van der Waals surface area contributed by atoms with E-state index < -0.39 is 6.10 Å². The molecule has 6 aromatic rings. The molecule has 0 unspecified atom stereocenters. The third-order valence-electron chi connectivity index (χ3n) is 7.95. The van der Waals surface area contributed by atoms with Crippen LogP contribution in [0.3, 0.4) is 0 Å². The summed E-state index contributed by atoms with van der Waals surface area (Å²) in [5, 5.41) is 18.7. The van der Waals surface area contributed by atoms with Gasteiger partial charge >= 0.3 is 0 Å². The first kappa shape index (κ1) is 30.6. The first-order chi connectivity index (χ1) is 22.6. The summed E-state index contributed by atoms with van der Waals surface area (Å²) in [7, 11) is 1.69. The second-order valence-corrected chi connectivity index (χ2v) is 11.1. The molecule has 46 heavy (non-hydrogen) atoms. The van der Waals surface area contributed by atoms with Crippen LogP contribution in [-0.2, 0) is 13.0 Å². The zero-order valence-electron chi connectivity index (χ0n) is 25.7. The third kappa shape index (κ3) is 7.29. The highest BCUT2D eigenvalue weighted by molar-refractivity contribution is 5.88. The number of aromatic amines is 1. The van der Waals surface area contributed by atoms with Crippen molar-refractivity contribution in [2.24, 2.45) is 0 Å². The fourth-order valence-electron chi connectivity index (χ4n) is 5.59.